The average Bonchev–Trinajstić information content (AvgIpc) is 3.47. The highest BCUT2D eigenvalue weighted by Gasteiger charge is 2.42. The second-order valence-electron chi connectivity index (χ2n) is 8.58. The lowest BCUT2D eigenvalue weighted by molar-refractivity contribution is -0.136. The molecule has 8 heteroatoms. The predicted octanol–water partition coefficient (Wildman–Crippen LogP) is 4.13. The molecule has 1 fully saturated rings. The summed E-state index contributed by atoms with van der Waals surface area (Å²) < 4.78 is 10.8. The number of esters is 1. The lowest BCUT2D eigenvalue weighted by Crippen LogP contribution is -2.39. The van der Waals surface area contributed by atoms with Gasteiger partial charge in [0.05, 0.1) is 36.9 Å². The van der Waals surface area contributed by atoms with Gasteiger partial charge in [0.15, 0.2) is 5.17 Å². The van der Waals surface area contributed by atoms with Crippen molar-refractivity contribution in [2.75, 3.05) is 20.3 Å². The molecule has 0 aromatic heterocycles. The highest BCUT2D eigenvalue weighted by molar-refractivity contribution is 8.16. The maximum absolute atomic E-state index is 13.0. The van der Waals surface area contributed by atoms with Crippen LogP contribution < -0.4 is 5.32 Å². The second-order valence-corrected chi connectivity index (χ2v) is 9.41. The number of hydrogen-bond donors (Lipinski definition) is 1. The van der Waals surface area contributed by atoms with Crippen LogP contribution in [0.5, 0.6) is 0 Å². The number of amidine groups is 1. The van der Waals surface area contributed by atoms with Crippen LogP contribution in [0.25, 0.3) is 0 Å². The molecule has 1 saturated heterocycles. The highest BCUT2D eigenvalue weighted by Crippen LogP contribution is 2.46. The molecule has 0 radical (unpaired) electrons. The number of nitrogens with one attached hydrogen (secondary N) is 1. The molecule has 1 N–H and O–H groups in total. The first kappa shape index (κ1) is 23.6. The summed E-state index contributed by atoms with van der Waals surface area (Å²) in [5, 5.41) is 5.76. The zero-order valence-electron chi connectivity index (χ0n) is 19.6. The summed E-state index contributed by atoms with van der Waals surface area (Å²) in [5.41, 5.74) is 5.28. The largest absolute Gasteiger partial charge is 0.466 e. The van der Waals surface area contributed by atoms with Crippen molar-refractivity contribution < 1.29 is 19.1 Å². The Bertz CT molecular complexity index is 1040. The number of hydrogen-bond acceptors (Lipinski definition) is 7. The van der Waals surface area contributed by atoms with E-state index in [1.54, 1.807) is 0 Å². The molecule has 3 heterocycles. The fourth-order valence-electron chi connectivity index (χ4n) is 4.52. The van der Waals surface area contributed by atoms with Crippen LogP contribution in [-0.4, -0.2) is 48.3 Å². The van der Waals surface area contributed by atoms with Gasteiger partial charge in [0.25, 0.3) is 0 Å². The Morgan fingerprint density at radius 2 is 2.15 bits per heavy atom. The Labute approximate surface area is 199 Å². The summed E-state index contributed by atoms with van der Waals surface area (Å²) in [6.45, 7) is 7.35. The number of amides is 1. The van der Waals surface area contributed by atoms with Crippen molar-refractivity contribution in [1.29, 1.82) is 0 Å². The van der Waals surface area contributed by atoms with Gasteiger partial charge in [0.1, 0.15) is 0 Å². The van der Waals surface area contributed by atoms with E-state index in [1.165, 1.54) is 18.9 Å². The molecule has 3 aliphatic rings. The molecule has 1 aromatic carbocycles. The van der Waals surface area contributed by atoms with Gasteiger partial charge in [-0.25, -0.2) is 9.79 Å². The van der Waals surface area contributed by atoms with Gasteiger partial charge in [-0.05, 0) is 49.6 Å². The molecule has 1 aromatic rings. The van der Waals surface area contributed by atoms with Gasteiger partial charge in [-0.1, -0.05) is 42.4 Å². The average molecular weight is 470 g/mol. The Kier molecular flexibility index (Phi) is 7.24. The summed E-state index contributed by atoms with van der Waals surface area (Å²) >= 11 is 1.49. The minimum Gasteiger partial charge on any atom is -0.466 e. The third-order valence-corrected chi connectivity index (χ3v) is 7.14. The molecule has 0 unspecified atom stereocenters. The summed E-state index contributed by atoms with van der Waals surface area (Å²) in [4.78, 5) is 32.6. The van der Waals surface area contributed by atoms with Crippen molar-refractivity contribution in [3.8, 4) is 0 Å². The van der Waals surface area contributed by atoms with Gasteiger partial charge in [-0.15, -0.1) is 0 Å². The number of aliphatic imine (C=N–C) groups is 1. The normalized spacial score (nSPS) is 22.1. The van der Waals surface area contributed by atoms with Crippen LogP contribution in [-0.2, 0) is 19.1 Å². The fraction of sp³-hybridized carbons (Fsp3) is 0.480. The molecule has 3 aliphatic heterocycles. The third kappa shape index (κ3) is 4.87. The van der Waals surface area contributed by atoms with Crippen LogP contribution in [0.3, 0.4) is 0 Å². The molecule has 7 nitrogen and oxygen atoms in total. The van der Waals surface area contributed by atoms with Crippen LogP contribution in [0.4, 0.5) is 0 Å². The lowest BCUT2D eigenvalue weighted by atomic mass is 9.89. The van der Waals surface area contributed by atoms with Crippen molar-refractivity contribution in [1.82, 2.24) is 10.2 Å². The van der Waals surface area contributed by atoms with Crippen LogP contribution in [0.2, 0.25) is 0 Å². The molecule has 1 amide bonds. The van der Waals surface area contributed by atoms with E-state index in [-0.39, 0.29) is 24.4 Å². The van der Waals surface area contributed by atoms with Gasteiger partial charge in [0.2, 0.25) is 5.91 Å². The van der Waals surface area contributed by atoms with Gasteiger partial charge < -0.3 is 19.7 Å². The van der Waals surface area contributed by atoms with Crippen molar-refractivity contribution in [2.24, 2.45) is 4.99 Å². The van der Waals surface area contributed by atoms with E-state index >= 15 is 0 Å². The molecular weight excluding hydrogens is 438 g/mol. The number of benzene rings is 1. The Hall–Kier alpha value is -2.58. The number of rotatable bonds is 7. The number of carbonyl (C=O) groups excluding carboxylic acids is 2. The van der Waals surface area contributed by atoms with Crippen LogP contribution in [0.1, 0.15) is 55.3 Å². The first-order valence-corrected chi connectivity index (χ1v) is 12.3. The van der Waals surface area contributed by atoms with Gasteiger partial charge >= 0.3 is 5.97 Å². The maximum Gasteiger partial charge on any atom is 0.338 e. The van der Waals surface area contributed by atoms with Gasteiger partial charge in [-0.2, -0.15) is 0 Å². The zero-order chi connectivity index (χ0) is 23.5. The van der Waals surface area contributed by atoms with Crippen molar-refractivity contribution >= 4 is 28.8 Å². The highest BCUT2D eigenvalue weighted by atomic mass is 32.2. The Balaban J connectivity index is 1.66. The second kappa shape index (κ2) is 10.1. The van der Waals surface area contributed by atoms with Gasteiger partial charge in [0, 0.05) is 18.8 Å². The fourth-order valence-corrected chi connectivity index (χ4v) is 5.46. The first-order valence-electron chi connectivity index (χ1n) is 11.4. The van der Waals surface area contributed by atoms with Crippen LogP contribution >= 0.6 is 11.8 Å². The molecule has 2 atom stereocenters. The van der Waals surface area contributed by atoms with E-state index in [0.29, 0.717) is 18.5 Å². The van der Waals surface area contributed by atoms with Crippen molar-refractivity contribution in [3.05, 3.63) is 57.3 Å². The first-order chi connectivity index (χ1) is 15.9. The van der Waals surface area contributed by atoms with Gasteiger partial charge in [-0.3, -0.25) is 4.79 Å². The minimum atomic E-state index is -0.396. The van der Waals surface area contributed by atoms with E-state index in [4.69, 9.17) is 14.5 Å². The predicted molar refractivity (Wildman–Crippen MR) is 130 cm³/mol. The molecule has 0 saturated carbocycles. The molecule has 0 aliphatic carbocycles. The van der Waals surface area contributed by atoms with Crippen LogP contribution in [0.15, 0.2) is 45.6 Å². The summed E-state index contributed by atoms with van der Waals surface area (Å²) in [6, 6.07) is 5.84. The number of ether oxygens (including phenoxy) is 2. The topological polar surface area (TPSA) is 80.2 Å². The monoisotopic (exact) mass is 469 g/mol. The van der Waals surface area contributed by atoms with E-state index in [1.807, 2.05) is 31.1 Å². The van der Waals surface area contributed by atoms with Crippen LogP contribution in [0, 0.1) is 13.8 Å². The molecule has 0 spiro atoms. The molecular formula is C25H31N3O4S. The lowest BCUT2D eigenvalue weighted by Gasteiger charge is -2.37. The zero-order valence-corrected chi connectivity index (χ0v) is 20.5. The number of aryl methyl sites for hydroxylation is 2. The van der Waals surface area contributed by atoms with Crippen molar-refractivity contribution in [3.63, 3.8) is 0 Å². The smallest absolute Gasteiger partial charge is 0.338 e. The summed E-state index contributed by atoms with van der Waals surface area (Å²) in [7, 11) is 1.40. The Morgan fingerprint density at radius 1 is 1.33 bits per heavy atom. The van der Waals surface area contributed by atoms with E-state index < -0.39 is 6.04 Å². The van der Waals surface area contributed by atoms with Crippen molar-refractivity contribution in [2.45, 2.75) is 58.6 Å². The standard InChI is InChI=1S/C25H31N3O4S/c1-5-20-22(24(30)31-4)23(19-11-15(2)8-9-16(19)3)28-17(14-33-25(28)27-20)12-21(29)26-13-18-7-6-10-32-18/h8-9,11,14,18,23H,5-7,10,12-13H2,1-4H3,(H,26,29)/t18-,23+/m0/s1. The maximum atomic E-state index is 13.0. The molecule has 4 rings (SSSR count). The van der Waals surface area contributed by atoms with E-state index in [0.717, 1.165) is 52.7 Å². The number of fused-ring (bicyclic) bond motifs is 1. The van der Waals surface area contributed by atoms with E-state index in [9.17, 15) is 9.59 Å². The molecule has 176 valence electrons. The summed E-state index contributed by atoms with van der Waals surface area (Å²) in [6.07, 6.45) is 2.92. The third-order valence-electron chi connectivity index (χ3n) is 6.25. The number of thioether (sulfide) groups is 1. The molecule has 33 heavy (non-hydrogen) atoms. The number of allylic oxidation sites excluding steroid dienone is 1. The number of carbonyl (C=O) groups is 2. The molecule has 0 bridgehead atoms. The SMILES string of the molecule is CCC1=C(C(=O)OC)[C@@H](c2cc(C)ccc2C)N2C(CC(=O)NC[C@@H]3CCCO3)=CSC2=N1. The quantitative estimate of drug-likeness (QED) is 0.605. The number of methoxy groups -OCH3 is 1. The minimum absolute atomic E-state index is 0.0665. The van der Waals surface area contributed by atoms with E-state index in [2.05, 4.69) is 23.5 Å². The number of nitrogens with zero attached hydrogens (tertiary/aromatic N) is 2. The Morgan fingerprint density at radius 3 is 2.85 bits per heavy atom. The summed E-state index contributed by atoms with van der Waals surface area (Å²) in [5.74, 6) is -0.456.